The zero-order valence-corrected chi connectivity index (χ0v) is 17.3. The van der Waals surface area contributed by atoms with Crippen LogP contribution in [0.25, 0.3) is 17.1 Å². The Balaban J connectivity index is 2.08. The molecule has 2 aliphatic heterocycles. The van der Waals surface area contributed by atoms with Crippen molar-refractivity contribution in [3.05, 3.63) is 51.3 Å². The number of nitrogens with one attached hydrogen (secondary N) is 1. The number of nitrogen functional groups attached to an aromatic ring is 1. The molecule has 2 aliphatic rings. The first kappa shape index (κ1) is 21.3. The molecule has 3 heterocycles. The predicted molar refractivity (Wildman–Crippen MR) is 109 cm³/mol. The maximum atomic E-state index is 13.9. The van der Waals surface area contributed by atoms with Crippen molar-refractivity contribution in [3.63, 3.8) is 0 Å². The van der Waals surface area contributed by atoms with E-state index in [4.69, 9.17) is 22.1 Å². The summed E-state index contributed by atoms with van der Waals surface area (Å²) in [6, 6.07) is 2.27. The number of benzene rings is 1. The molecule has 0 saturated carbocycles. The number of pyridine rings is 1. The number of halogens is 4. The van der Waals surface area contributed by atoms with Crippen LogP contribution in [-0.4, -0.2) is 34.3 Å². The second-order valence-electron chi connectivity index (χ2n) is 7.23. The van der Waals surface area contributed by atoms with Gasteiger partial charge < -0.3 is 25.8 Å². The molecule has 0 fully saturated rings. The van der Waals surface area contributed by atoms with E-state index < -0.39 is 11.7 Å². The quantitative estimate of drug-likeness (QED) is 0.658. The fourth-order valence-corrected chi connectivity index (χ4v) is 4.01. The Morgan fingerprint density at radius 1 is 1.39 bits per heavy atom. The minimum atomic E-state index is -4.67. The zero-order valence-electron chi connectivity index (χ0n) is 16.6. The molecule has 0 aliphatic carbocycles. The van der Waals surface area contributed by atoms with E-state index in [-0.39, 0.29) is 58.1 Å². The summed E-state index contributed by atoms with van der Waals surface area (Å²) in [6.07, 6.45) is -1.66. The average molecular weight is 454 g/mol. The number of aliphatic hydroxyl groups excluding tert-OH is 1. The molecular formula is C20H19ClF3N5O2. The van der Waals surface area contributed by atoms with E-state index in [0.717, 1.165) is 0 Å². The summed E-state index contributed by atoms with van der Waals surface area (Å²) in [5.41, 5.74) is 4.40. The number of alkyl halides is 3. The van der Waals surface area contributed by atoms with Gasteiger partial charge in [0.15, 0.2) is 0 Å². The Hall–Kier alpha value is -2.98. The van der Waals surface area contributed by atoms with Crippen molar-refractivity contribution in [1.29, 1.82) is 0 Å². The van der Waals surface area contributed by atoms with Gasteiger partial charge in [0.25, 0.3) is 0 Å². The van der Waals surface area contributed by atoms with Crippen molar-refractivity contribution < 1.29 is 23.0 Å². The molecule has 0 spiro atoms. The molecule has 1 unspecified atom stereocenters. The lowest BCUT2D eigenvalue weighted by Gasteiger charge is -2.29. The molecule has 1 atom stereocenters. The van der Waals surface area contributed by atoms with Gasteiger partial charge >= 0.3 is 6.18 Å². The molecule has 0 radical (unpaired) electrons. The van der Waals surface area contributed by atoms with Crippen molar-refractivity contribution in [1.82, 2.24) is 15.2 Å². The van der Waals surface area contributed by atoms with Gasteiger partial charge in [-0.15, -0.1) is 0 Å². The average Bonchev–Trinajstić information content (AvgIpc) is 2.88. The topological polar surface area (TPSA) is 96.0 Å². The van der Waals surface area contributed by atoms with Gasteiger partial charge in [-0.25, -0.2) is 4.98 Å². The van der Waals surface area contributed by atoms with Gasteiger partial charge in [0.05, 0.1) is 39.5 Å². The predicted octanol–water partition coefficient (Wildman–Crippen LogP) is 2.10. The van der Waals surface area contributed by atoms with E-state index in [0.29, 0.717) is 11.0 Å². The summed E-state index contributed by atoms with van der Waals surface area (Å²) in [4.78, 5) is 10.1. The van der Waals surface area contributed by atoms with Crippen LogP contribution in [0.3, 0.4) is 0 Å². The smallest absolute Gasteiger partial charge is 0.418 e. The van der Waals surface area contributed by atoms with Crippen LogP contribution < -0.4 is 26.4 Å². The Morgan fingerprint density at radius 2 is 2.13 bits per heavy atom. The Morgan fingerprint density at radius 3 is 2.81 bits per heavy atom. The fourth-order valence-electron chi connectivity index (χ4n) is 3.72. The molecule has 164 valence electrons. The third kappa shape index (κ3) is 3.55. The Labute approximate surface area is 180 Å². The standard InChI is InChI=1S/C20H19ClF3N5O2/c1-9-5-13(25)28-17(15(9)20(22,23)24)11-6-12-14-18(16(11)21)26-8-27-19(14)29(3-4-31-12)10(2)7-30/h3-6,10,27,30H,7-8H2,1-2H3,(H2,25,28). The third-order valence-corrected chi connectivity index (χ3v) is 5.49. The maximum absolute atomic E-state index is 13.9. The molecule has 31 heavy (non-hydrogen) atoms. The molecule has 11 heteroatoms. The monoisotopic (exact) mass is 453 g/mol. The highest BCUT2D eigenvalue weighted by atomic mass is 35.5. The number of aromatic nitrogens is 1. The summed E-state index contributed by atoms with van der Waals surface area (Å²) in [6.45, 7) is 3.13. The maximum Gasteiger partial charge on any atom is 0.418 e. The van der Waals surface area contributed by atoms with Crippen LogP contribution in [-0.2, 0) is 6.18 Å². The lowest BCUT2D eigenvalue weighted by Crippen LogP contribution is -2.46. The van der Waals surface area contributed by atoms with Gasteiger partial charge in [-0.05, 0) is 31.5 Å². The zero-order chi connectivity index (χ0) is 22.5. The van der Waals surface area contributed by atoms with Crippen molar-refractivity contribution in [2.45, 2.75) is 26.1 Å². The van der Waals surface area contributed by atoms with E-state index in [1.54, 1.807) is 18.0 Å². The van der Waals surface area contributed by atoms with E-state index in [1.807, 2.05) is 0 Å². The Bertz CT molecular complexity index is 1210. The molecule has 0 saturated heterocycles. The number of ether oxygens (including phenoxy) is 1. The number of nitrogens with zero attached hydrogens (tertiary/aromatic N) is 3. The first-order valence-corrected chi connectivity index (χ1v) is 9.73. The van der Waals surface area contributed by atoms with Crippen LogP contribution in [0, 0.1) is 6.92 Å². The van der Waals surface area contributed by atoms with Crippen molar-refractivity contribution in [2.24, 2.45) is 4.99 Å². The van der Waals surface area contributed by atoms with Crippen LogP contribution in [0.5, 0.6) is 5.75 Å². The van der Waals surface area contributed by atoms with Gasteiger partial charge in [-0.2, -0.15) is 13.2 Å². The number of nitrogens with two attached hydrogens (primary N) is 1. The van der Waals surface area contributed by atoms with E-state index >= 15 is 0 Å². The van der Waals surface area contributed by atoms with Gasteiger partial charge in [-0.1, -0.05) is 11.6 Å². The summed E-state index contributed by atoms with van der Waals surface area (Å²) < 4.78 is 47.3. The number of hydrogen-bond donors (Lipinski definition) is 3. The molecule has 7 nitrogen and oxygen atoms in total. The third-order valence-electron chi connectivity index (χ3n) is 5.11. The highest BCUT2D eigenvalue weighted by Crippen LogP contribution is 2.41. The van der Waals surface area contributed by atoms with Crippen LogP contribution in [0.4, 0.5) is 19.0 Å². The van der Waals surface area contributed by atoms with Gasteiger partial charge in [0.1, 0.15) is 30.3 Å². The molecule has 1 aromatic heterocycles. The number of aliphatic hydroxyl groups is 1. The van der Waals surface area contributed by atoms with Crippen molar-refractivity contribution >= 4 is 23.2 Å². The summed E-state index contributed by atoms with van der Waals surface area (Å²) in [5, 5.41) is 13.5. The number of rotatable bonds is 3. The number of aryl methyl sites for hydroxylation is 1. The lowest BCUT2D eigenvalue weighted by molar-refractivity contribution is -0.137. The number of anilines is 1. The van der Waals surface area contributed by atoms with Crippen LogP contribution >= 0.6 is 11.6 Å². The van der Waals surface area contributed by atoms with Gasteiger partial charge in [0.2, 0.25) is 0 Å². The SMILES string of the molecule is Cc1cc(N)nc(-c2cc3c4c(c2Cl)=NCNC=4N(C(C)CO)C=CO3)c1C(F)(F)F. The van der Waals surface area contributed by atoms with E-state index in [2.05, 4.69) is 15.3 Å². The summed E-state index contributed by atoms with van der Waals surface area (Å²) >= 11 is 6.59. The summed E-state index contributed by atoms with van der Waals surface area (Å²) in [5.74, 6) is 0.769. The first-order chi connectivity index (χ1) is 14.6. The first-order valence-electron chi connectivity index (χ1n) is 9.35. The molecule has 0 bridgehead atoms. The number of hydrogen-bond acceptors (Lipinski definition) is 7. The largest absolute Gasteiger partial charge is 0.463 e. The molecule has 2 aromatic rings. The van der Waals surface area contributed by atoms with Crippen LogP contribution in [0.2, 0.25) is 5.02 Å². The normalized spacial score (nSPS) is 16.1. The molecule has 1 aromatic carbocycles. The van der Waals surface area contributed by atoms with Crippen molar-refractivity contribution in [3.8, 4) is 17.0 Å². The highest BCUT2D eigenvalue weighted by molar-refractivity contribution is 6.33. The second-order valence-corrected chi connectivity index (χ2v) is 7.61. The molecule has 0 amide bonds. The highest BCUT2D eigenvalue weighted by Gasteiger charge is 2.38. The minimum Gasteiger partial charge on any atom is -0.463 e. The van der Waals surface area contributed by atoms with Crippen molar-refractivity contribution in [2.75, 3.05) is 19.0 Å². The lowest BCUT2D eigenvalue weighted by atomic mass is 9.99. The van der Waals surface area contributed by atoms with Crippen LogP contribution in [0.15, 0.2) is 29.6 Å². The van der Waals surface area contributed by atoms with E-state index in [9.17, 15) is 18.3 Å². The van der Waals surface area contributed by atoms with Crippen LogP contribution in [0.1, 0.15) is 18.1 Å². The van der Waals surface area contributed by atoms with Gasteiger partial charge in [0, 0.05) is 11.8 Å². The molecule has 4 N–H and O–H groups in total. The Kier molecular flexibility index (Phi) is 5.22. The summed E-state index contributed by atoms with van der Waals surface area (Å²) in [7, 11) is 0. The minimum absolute atomic E-state index is 0.00264. The molecular weight excluding hydrogens is 435 g/mol. The second kappa shape index (κ2) is 7.61. The van der Waals surface area contributed by atoms with Gasteiger partial charge in [-0.3, -0.25) is 4.99 Å². The fraction of sp³-hybridized carbons (Fsp3) is 0.300. The molecule has 4 rings (SSSR count). The van der Waals surface area contributed by atoms with E-state index in [1.165, 1.54) is 25.3 Å².